The fourth-order valence-electron chi connectivity index (χ4n) is 3.71. The zero-order chi connectivity index (χ0) is 14.6. The second-order valence-electron chi connectivity index (χ2n) is 5.74. The molecular weight excluding hydrogens is 268 g/mol. The van der Waals surface area contributed by atoms with Crippen molar-refractivity contribution in [3.8, 4) is 0 Å². The zero-order valence-electron chi connectivity index (χ0n) is 11.8. The van der Waals surface area contributed by atoms with Crippen LogP contribution >= 0.6 is 0 Å². The number of carbonyl (C=O) groups is 2. The number of nitrogens with one attached hydrogen (secondary N) is 1. The molecule has 1 amide bonds. The van der Waals surface area contributed by atoms with E-state index in [-0.39, 0.29) is 23.8 Å². The van der Waals surface area contributed by atoms with Gasteiger partial charge in [-0.2, -0.15) is 0 Å². The van der Waals surface area contributed by atoms with Gasteiger partial charge in [-0.15, -0.1) is 0 Å². The number of H-pyrrole nitrogens is 1. The maximum Gasteiger partial charge on any atom is 0.410 e. The molecule has 2 atom stereocenters. The molecule has 1 N–H and O–H groups in total. The van der Waals surface area contributed by atoms with Crippen molar-refractivity contribution in [3.05, 3.63) is 35.5 Å². The van der Waals surface area contributed by atoms with Gasteiger partial charge in [0.15, 0.2) is 5.78 Å². The minimum absolute atomic E-state index is 0.0775. The molecule has 5 rings (SSSR count). The SMILES string of the molecule is COC(=O)N1C[C@H]2CC[C@@H]1c1c([nH]c3ccccc13)C2=O. The number of hydrogen-bond acceptors (Lipinski definition) is 3. The first-order valence-corrected chi connectivity index (χ1v) is 7.20. The lowest BCUT2D eigenvalue weighted by Crippen LogP contribution is -2.41. The van der Waals surface area contributed by atoms with Crippen LogP contribution in [0.3, 0.4) is 0 Å². The third-order valence-corrected chi connectivity index (χ3v) is 4.69. The van der Waals surface area contributed by atoms with Crippen molar-refractivity contribution in [3.63, 3.8) is 0 Å². The van der Waals surface area contributed by atoms with E-state index in [2.05, 4.69) is 4.98 Å². The Morgan fingerprint density at radius 2 is 2.14 bits per heavy atom. The molecule has 1 aromatic carbocycles. The highest BCUT2D eigenvalue weighted by atomic mass is 16.5. The highest BCUT2D eigenvalue weighted by Gasteiger charge is 2.43. The Balaban J connectivity index is 1.96. The number of carbonyl (C=O) groups excluding carboxylic acids is 2. The molecule has 2 aliphatic heterocycles. The van der Waals surface area contributed by atoms with Gasteiger partial charge in [-0.25, -0.2) is 4.79 Å². The number of rotatable bonds is 0. The molecule has 1 saturated heterocycles. The normalized spacial score (nSPS) is 24.0. The highest BCUT2D eigenvalue weighted by molar-refractivity contribution is 6.05. The molecule has 108 valence electrons. The van der Waals surface area contributed by atoms with Crippen LogP contribution in [0, 0.1) is 5.92 Å². The van der Waals surface area contributed by atoms with E-state index in [4.69, 9.17) is 4.74 Å². The number of hydrogen-bond donors (Lipinski definition) is 1. The summed E-state index contributed by atoms with van der Waals surface area (Å²) in [5, 5.41) is 1.03. The average molecular weight is 284 g/mol. The van der Waals surface area contributed by atoms with Gasteiger partial charge in [-0.3, -0.25) is 4.79 Å². The van der Waals surface area contributed by atoms with Crippen molar-refractivity contribution in [2.45, 2.75) is 18.9 Å². The molecule has 2 bridgehead atoms. The van der Waals surface area contributed by atoms with Crippen LogP contribution in [0.4, 0.5) is 4.79 Å². The Bertz CT molecular complexity index is 749. The summed E-state index contributed by atoms with van der Waals surface area (Å²) in [5.41, 5.74) is 2.59. The van der Waals surface area contributed by atoms with Crippen LogP contribution in [0.15, 0.2) is 24.3 Å². The van der Waals surface area contributed by atoms with Crippen molar-refractivity contribution in [2.24, 2.45) is 5.92 Å². The first-order valence-electron chi connectivity index (χ1n) is 7.20. The quantitative estimate of drug-likeness (QED) is 0.809. The van der Waals surface area contributed by atoms with Crippen LogP contribution in [0.5, 0.6) is 0 Å². The molecule has 0 saturated carbocycles. The molecule has 5 nitrogen and oxygen atoms in total. The maximum absolute atomic E-state index is 12.7. The summed E-state index contributed by atoms with van der Waals surface area (Å²) in [6.45, 7) is 0.451. The van der Waals surface area contributed by atoms with Crippen molar-refractivity contribution < 1.29 is 14.3 Å². The topological polar surface area (TPSA) is 62.4 Å². The molecule has 2 aromatic rings. The first-order chi connectivity index (χ1) is 10.2. The molecule has 0 unspecified atom stereocenters. The minimum atomic E-state index is -0.351. The number of benzene rings is 1. The van der Waals surface area contributed by atoms with Crippen molar-refractivity contribution in [2.75, 3.05) is 13.7 Å². The maximum atomic E-state index is 12.7. The van der Waals surface area contributed by atoms with Gasteiger partial charge in [0.25, 0.3) is 0 Å². The van der Waals surface area contributed by atoms with Crippen LogP contribution < -0.4 is 0 Å². The molecule has 1 fully saturated rings. The Labute approximate surface area is 121 Å². The average Bonchev–Trinajstić information content (AvgIpc) is 2.81. The summed E-state index contributed by atoms with van der Waals surface area (Å²) >= 11 is 0. The van der Waals surface area contributed by atoms with Crippen molar-refractivity contribution in [1.29, 1.82) is 0 Å². The summed E-state index contributed by atoms with van der Waals surface area (Å²) < 4.78 is 4.90. The molecule has 21 heavy (non-hydrogen) atoms. The molecule has 3 aliphatic rings. The molecule has 5 heteroatoms. The van der Waals surface area contributed by atoms with E-state index >= 15 is 0 Å². The van der Waals surface area contributed by atoms with Crippen LogP contribution in [0.2, 0.25) is 0 Å². The minimum Gasteiger partial charge on any atom is -0.453 e. The highest BCUT2D eigenvalue weighted by Crippen LogP contribution is 2.44. The van der Waals surface area contributed by atoms with E-state index in [9.17, 15) is 9.59 Å². The smallest absolute Gasteiger partial charge is 0.410 e. The molecule has 1 aromatic heterocycles. The van der Waals surface area contributed by atoms with Crippen molar-refractivity contribution >= 4 is 22.8 Å². The van der Waals surface area contributed by atoms with E-state index in [0.29, 0.717) is 12.2 Å². The van der Waals surface area contributed by atoms with Gasteiger partial charge in [-0.1, -0.05) is 18.2 Å². The van der Waals surface area contributed by atoms with Crippen LogP contribution in [-0.4, -0.2) is 35.4 Å². The van der Waals surface area contributed by atoms with Gasteiger partial charge in [-0.05, 0) is 18.9 Å². The van der Waals surface area contributed by atoms with E-state index in [1.165, 1.54) is 7.11 Å². The number of ether oxygens (including phenoxy) is 1. The van der Waals surface area contributed by atoms with Crippen molar-refractivity contribution in [1.82, 2.24) is 9.88 Å². The third-order valence-electron chi connectivity index (χ3n) is 4.69. The Kier molecular flexibility index (Phi) is 2.58. The lowest BCUT2D eigenvalue weighted by Gasteiger charge is -2.35. The Morgan fingerprint density at radius 1 is 1.33 bits per heavy atom. The van der Waals surface area contributed by atoms with E-state index in [1.807, 2.05) is 24.3 Å². The van der Waals surface area contributed by atoms with Crippen LogP contribution in [0.25, 0.3) is 10.9 Å². The third kappa shape index (κ3) is 1.63. The van der Waals surface area contributed by atoms with Crippen LogP contribution in [0.1, 0.15) is 34.9 Å². The summed E-state index contributed by atoms with van der Waals surface area (Å²) in [6.07, 6.45) is 1.28. The number of aromatic nitrogens is 1. The van der Waals surface area contributed by atoms with Crippen LogP contribution in [-0.2, 0) is 4.74 Å². The van der Waals surface area contributed by atoms with E-state index in [1.54, 1.807) is 4.90 Å². The Morgan fingerprint density at radius 3 is 2.95 bits per heavy atom. The number of para-hydroxylation sites is 1. The number of ketones is 1. The van der Waals surface area contributed by atoms with Gasteiger partial charge < -0.3 is 14.6 Å². The van der Waals surface area contributed by atoms with Gasteiger partial charge in [0.05, 0.1) is 18.8 Å². The van der Waals surface area contributed by atoms with Gasteiger partial charge in [0.2, 0.25) is 0 Å². The standard InChI is InChI=1S/C16H16N2O3/c1-21-16(20)18-8-9-6-7-12(18)13-10-4-2-3-5-11(10)17-14(13)15(9)19/h2-5,9,12,17H,6-8H2,1H3/t9-,12-/m1/s1. The molecule has 1 aliphatic carbocycles. The predicted octanol–water partition coefficient (Wildman–Crippen LogP) is 2.88. The lowest BCUT2D eigenvalue weighted by molar-refractivity contribution is 0.0671. The molecule has 0 radical (unpaired) electrons. The second-order valence-corrected chi connectivity index (χ2v) is 5.74. The number of methoxy groups -OCH3 is 1. The molecule has 0 spiro atoms. The fourth-order valence-corrected chi connectivity index (χ4v) is 3.71. The summed E-state index contributed by atoms with van der Waals surface area (Å²) in [5.74, 6) is -0.00948. The summed E-state index contributed by atoms with van der Waals surface area (Å²) in [4.78, 5) is 29.7. The fraction of sp³-hybridized carbons (Fsp3) is 0.375. The summed E-state index contributed by atoms with van der Waals surface area (Å²) in [7, 11) is 1.39. The number of amides is 1. The number of Topliss-reactive ketones (excluding diaryl/α,β-unsaturated/α-hetero) is 1. The van der Waals surface area contributed by atoms with E-state index < -0.39 is 0 Å². The number of fused-ring (bicyclic) bond motifs is 3. The zero-order valence-corrected chi connectivity index (χ0v) is 11.8. The lowest BCUT2D eigenvalue weighted by atomic mass is 9.92. The molecule has 3 heterocycles. The van der Waals surface area contributed by atoms with Gasteiger partial charge >= 0.3 is 6.09 Å². The predicted molar refractivity (Wildman–Crippen MR) is 77.2 cm³/mol. The largest absolute Gasteiger partial charge is 0.453 e. The summed E-state index contributed by atoms with van der Waals surface area (Å²) in [6, 6.07) is 7.80. The first kappa shape index (κ1) is 12.4. The van der Waals surface area contributed by atoms with Gasteiger partial charge in [0.1, 0.15) is 0 Å². The van der Waals surface area contributed by atoms with Gasteiger partial charge in [0, 0.05) is 28.9 Å². The second kappa shape index (κ2) is 4.35. The monoisotopic (exact) mass is 284 g/mol. The number of piperidine rings is 1. The Hall–Kier alpha value is -2.30. The van der Waals surface area contributed by atoms with E-state index in [0.717, 1.165) is 29.3 Å². The number of nitrogens with zero attached hydrogens (tertiary/aromatic N) is 1. The molecular formula is C16H16N2O3. The number of aromatic amines is 1.